The molecule has 1 aliphatic heterocycles. The van der Waals surface area contributed by atoms with E-state index in [2.05, 4.69) is 4.98 Å². The number of ether oxygens (including phenoxy) is 1. The lowest BCUT2D eigenvalue weighted by molar-refractivity contribution is -0.137. The second-order valence-electron chi connectivity index (χ2n) is 9.12. The third kappa shape index (κ3) is 4.06. The van der Waals surface area contributed by atoms with Crippen LogP contribution in [0.4, 0.5) is 13.2 Å². The summed E-state index contributed by atoms with van der Waals surface area (Å²) in [6.07, 6.45) is -2.06. The van der Waals surface area contributed by atoms with Gasteiger partial charge in [0.2, 0.25) is 0 Å². The van der Waals surface area contributed by atoms with Crippen LogP contribution in [0.25, 0.3) is 0 Å². The van der Waals surface area contributed by atoms with E-state index < -0.39 is 22.9 Å². The van der Waals surface area contributed by atoms with Crippen molar-refractivity contribution >= 4 is 11.6 Å². The molecule has 34 heavy (non-hydrogen) atoms. The monoisotopic (exact) mass is 490 g/mol. The largest absolute Gasteiger partial charge is 0.476 e. The summed E-state index contributed by atoms with van der Waals surface area (Å²) in [7, 11) is 6.00. The smallest absolute Gasteiger partial charge is 0.416 e. The Labute approximate surface area is 202 Å². The third-order valence-electron chi connectivity index (χ3n) is 6.23. The van der Waals surface area contributed by atoms with Gasteiger partial charge in [0.1, 0.15) is 11.4 Å². The number of hydrogen-bond donors (Lipinski definition) is 1. The molecular weight excluding hydrogens is 465 g/mol. The molecule has 0 saturated heterocycles. The lowest BCUT2D eigenvalue weighted by Crippen LogP contribution is -2.48. The van der Waals surface area contributed by atoms with Crippen LogP contribution in [0.3, 0.4) is 0 Å². The number of benzene rings is 2. The normalized spacial score (nSPS) is 25.3. The quantitative estimate of drug-likeness (QED) is 0.479. The Kier molecular flexibility index (Phi) is 6.40. The average Bonchev–Trinajstić information content (AvgIpc) is 3.20. The molecule has 5 rings (SSSR count). The Balaban J connectivity index is 0.000000636. The molecule has 2 heterocycles. The highest BCUT2D eigenvalue weighted by atomic mass is 35.5. The van der Waals surface area contributed by atoms with Crippen LogP contribution in [0.5, 0.6) is 5.75 Å². The zero-order valence-corrected chi connectivity index (χ0v) is 19.9. The van der Waals surface area contributed by atoms with Gasteiger partial charge in [-0.15, -0.1) is 0 Å². The molecule has 1 fully saturated rings. The van der Waals surface area contributed by atoms with Crippen molar-refractivity contribution in [1.82, 2.24) is 9.88 Å². The first kappa shape index (κ1) is 24.5. The van der Waals surface area contributed by atoms with Crippen LogP contribution in [0.1, 0.15) is 41.1 Å². The minimum Gasteiger partial charge on any atom is -0.476 e. The summed E-state index contributed by atoms with van der Waals surface area (Å²) in [6.45, 7) is 0. The summed E-state index contributed by atoms with van der Waals surface area (Å²) in [5.41, 5.74) is -1.78. The van der Waals surface area contributed by atoms with Crippen molar-refractivity contribution in [2.45, 2.75) is 36.1 Å². The molecule has 180 valence electrons. The first-order valence-corrected chi connectivity index (χ1v) is 11.3. The number of alkyl halides is 3. The van der Waals surface area contributed by atoms with Gasteiger partial charge in [-0.2, -0.15) is 13.2 Å². The number of fused-ring (bicyclic) bond motifs is 3. The molecule has 0 bridgehead atoms. The van der Waals surface area contributed by atoms with Crippen LogP contribution in [-0.4, -0.2) is 36.1 Å². The molecule has 3 aromatic rings. The number of aliphatic hydroxyl groups is 1. The van der Waals surface area contributed by atoms with Crippen molar-refractivity contribution in [1.29, 1.82) is 0 Å². The van der Waals surface area contributed by atoms with Crippen LogP contribution < -0.4 is 4.74 Å². The van der Waals surface area contributed by atoms with Gasteiger partial charge in [0.15, 0.2) is 11.2 Å². The number of halogens is 4. The zero-order valence-electron chi connectivity index (χ0n) is 19.1. The topological polar surface area (TPSA) is 45.6 Å². The molecule has 1 aromatic heterocycles. The molecule has 2 aliphatic rings. The number of nitrogens with zero attached hydrogens (tertiary/aromatic N) is 2. The highest BCUT2D eigenvalue weighted by Gasteiger charge is 2.69. The lowest BCUT2D eigenvalue weighted by Gasteiger charge is -2.40. The van der Waals surface area contributed by atoms with Crippen molar-refractivity contribution in [2.75, 3.05) is 21.1 Å². The first-order valence-electron chi connectivity index (χ1n) is 10.9. The maximum Gasteiger partial charge on any atom is 0.416 e. The predicted molar refractivity (Wildman–Crippen MR) is 125 cm³/mol. The minimum atomic E-state index is -4.45. The van der Waals surface area contributed by atoms with Crippen molar-refractivity contribution in [3.8, 4) is 5.75 Å². The van der Waals surface area contributed by atoms with Gasteiger partial charge in [-0.3, -0.25) is 4.98 Å². The molecule has 1 aliphatic carbocycles. The van der Waals surface area contributed by atoms with Crippen molar-refractivity contribution in [3.05, 3.63) is 94.3 Å². The summed E-state index contributed by atoms with van der Waals surface area (Å²) in [5.74, 6) is 0.0685. The Morgan fingerprint density at radius 2 is 1.68 bits per heavy atom. The Bertz CT molecular complexity index is 1150. The fourth-order valence-electron chi connectivity index (χ4n) is 4.96. The van der Waals surface area contributed by atoms with Crippen molar-refractivity contribution in [2.24, 2.45) is 0 Å². The van der Waals surface area contributed by atoms with Gasteiger partial charge in [0, 0.05) is 18.2 Å². The van der Waals surface area contributed by atoms with Crippen molar-refractivity contribution < 1.29 is 23.0 Å². The van der Waals surface area contributed by atoms with E-state index in [4.69, 9.17) is 16.3 Å². The van der Waals surface area contributed by atoms with Crippen LogP contribution in [0, 0.1) is 0 Å². The zero-order chi connectivity index (χ0) is 24.7. The van der Waals surface area contributed by atoms with Gasteiger partial charge >= 0.3 is 6.18 Å². The van der Waals surface area contributed by atoms with Gasteiger partial charge in [0.25, 0.3) is 0 Å². The molecule has 1 N–H and O–H groups in total. The average molecular weight is 491 g/mol. The number of rotatable bonds is 2. The highest BCUT2D eigenvalue weighted by Crippen LogP contribution is 2.66. The number of hydrogen-bond acceptors (Lipinski definition) is 4. The summed E-state index contributed by atoms with van der Waals surface area (Å²) in [6, 6.07) is 16.0. The van der Waals surface area contributed by atoms with E-state index in [1.54, 1.807) is 6.07 Å². The third-order valence-corrected chi connectivity index (χ3v) is 6.43. The SMILES string of the molecule is CN(C)C.OC12CCC(c3ccccc3)C1(c1ccc(C(F)(F)F)cc1)Oc1cc(Cl)cnc12. The second kappa shape index (κ2) is 8.87. The van der Waals surface area contributed by atoms with Gasteiger partial charge in [0.05, 0.1) is 10.6 Å². The molecule has 4 nitrogen and oxygen atoms in total. The van der Waals surface area contributed by atoms with E-state index >= 15 is 0 Å². The molecule has 0 spiro atoms. The standard InChI is InChI=1S/C23H17ClF3NO2.C3H9N/c24-17-12-19-20(28-13-17)21(29)11-10-18(14-4-2-1-3-5-14)22(21,30-19)15-6-8-16(9-7-15)23(25,26)27;1-4(2)3/h1-9,12-13,18,29H,10-11H2;1-3H3. The molecular formula is C26H26ClF3N2O2. The molecule has 8 heteroatoms. The van der Waals surface area contributed by atoms with E-state index in [-0.39, 0.29) is 5.92 Å². The molecule has 3 unspecified atom stereocenters. The van der Waals surface area contributed by atoms with Gasteiger partial charge in [-0.05, 0) is 57.2 Å². The highest BCUT2D eigenvalue weighted by molar-refractivity contribution is 6.30. The number of aromatic nitrogens is 1. The second-order valence-corrected chi connectivity index (χ2v) is 9.55. The molecule has 1 saturated carbocycles. The van der Waals surface area contributed by atoms with Crippen LogP contribution >= 0.6 is 11.6 Å². The summed E-state index contributed by atoms with van der Waals surface area (Å²) >= 11 is 6.09. The Morgan fingerprint density at radius 1 is 1.06 bits per heavy atom. The molecule has 2 aromatic carbocycles. The fourth-order valence-corrected chi connectivity index (χ4v) is 5.10. The Morgan fingerprint density at radius 3 is 2.26 bits per heavy atom. The van der Waals surface area contributed by atoms with Crippen LogP contribution in [0.15, 0.2) is 66.9 Å². The first-order chi connectivity index (χ1) is 16.0. The molecule has 3 atom stereocenters. The fraction of sp³-hybridized carbons (Fsp3) is 0.346. The van der Waals surface area contributed by atoms with E-state index in [9.17, 15) is 18.3 Å². The van der Waals surface area contributed by atoms with E-state index in [1.165, 1.54) is 18.3 Å². The van der Waals surface area contributed by atoms with Gasteiger partial charge in [-0.1, -0.05) is 54.1 Å². The number of pyridine rings is 1. The van der Waals surface area contributed by atoms with Gasteiger partial charge < -0.3 is 14.7 Å². The van der Waals surface area contributed by atoms with E-state index in [0.29, 0.717) is 34.9 Å². The Hall–Kier alpha value is -2.61. The summed E-state index contributed by atoms with van der Waals surface area (Å²) in [5, 5.41) is 12.2. The van der Waals surface area contributed by atoms with Crippen LogP contribution in [0.2, 0.25) is 5.02 Å². The molecule has 0 radical (unpaired) electrons. The lowest BCUT2D eigenvalue weighted by atomic mass is 9.72. The van der Waals surface area contributed by atoms with Crippen molar-refractivity contribution in [3.63, 3.8) is 0 Å². The molecule has 0 amide bonds. The van der Waals surface area contributed by atoms with E-state index in [1.807, 2.05) is 56.4 Å². The maximum absolute atomic E-state index is 13.1. The predicted octanol–water partition coefficient (Wildman–Crippen LogP) is 5.98. The van der Waals surface area contributed by atoms with Gasteiger partial charge in [-0.25, -0.2) is 0 Å². The van der Waals surface area contributed by atoms with Crippen LogP contribution in [-0.2, 0) is 17.4 Å². The summed E-state index contributed by atoms with van der Waals surface area (Å²) in [4.78, 5) is 6.34. The maximum atomic E-state index is 13.1. The minimum absolute atomic E-state index is 0.284. The summed E-state index contributed by atoms with van der Waals surface area (Å²) < 4.78 is 45.8. The van der Waals surface area contributed by atoms with E-state index in [0.717, 1.165) is 17.7 Å².